The topological polar surface area (TPSA) is 32.5 Å². The normalized spacial score (nSPS) is 17.8. The fourth-order valence-electron chi connectivity index (χ4n) is 2.99. The van der Waals surface area contributed by atoms with Gasteiger partial charge in [0.1, 0.15) is 0 Å². The van der Waals surface area contributed by atoms with E-state index in [0.717, 1.165) is 18.9 Å². The number of hydrogen-bond donors (Lipinski definition) is 1. The van der Waals surface area contributed by atoms with Crippen molar-refractivity contribution < 1.29 is 0 Å². The van der Waals surface area contributed by atoms with Crippen LogP contribution in [0.2, 0.25) is 0 Å². The number of rotatable bonds is 6. The van der Waals surface area contributed by atoms with E-state index in [1.165, 1.54) is 43.9 Å². The van der Waals surface area contributed by atoms with Crippen molar-refractivity contribution in [2.45, 2.75) is 26.8 Å². The van der Waals surface area contributed by atoms with Crippen molar-refractivity contribution in [3.8, 4) is 0 Å². The Morgan fingerprint density at radius 3 is 2.20 bits per heavy atom. The first kappa shape index (κ1) is 15.5. The van der Waals surface area contributed by atoms with E-state index in [4.69, 9.17) is 5.73 Å². The van der Waals surface area contributed by atoms with Crippen molar-refractivity contribution in [2.75, 3.05) is 39.3 Å². The molecule has 0 atom stereocenters. The van der Waals surface area contributed by atoms with Crippen LogP contribution in [0.1, 0.15) is 25.0 Å². The second kappa shape index (κ2) is 7.77. The van der Waals surface area contributed by atoms with E-state index in [2.05, 4.69) is 47.9 Å². The molecular formula is C17H29N3. The molecule has 1 saturated heterocycles. The molecule has 0 aliphatic carbocycles. The van der Waals surface area contributed by atoms with Crippen LogP contribution < -0.4 is 5.73 Å². The van der Waals surface area contributed by atoms with Crippen LogP contribution in [0.4, 0.5) is 0 Å². The predicted molar refractivity (Wildman–Crippen MR) is 85.8 cm³/mol. The van der Waals surface area contributed by atoms with Gasteiger partial charge in [0.25, 0.3) is 0 Å². The highest BCUT2D eigenvalue weighted by Gasteiger charge is 2.17. The highest BCUT2D eigenvalue weighted by Crippen LogP contribution is 2.11. The predicted octanol–water partition coefficient (Wildman–Crippen LogP) is 1.96. The van der Waals surface area contributed by atoms with E-state index in [1.807, 2.05) is 0 Å². The largest absolute Gasteiger partial charge is 0.326 e. The van der Waals surface area contributed by atoms with Gasteiger partial charge in [-0.25, -0.2) is 0 Å². The minimum absolute atomic E-state index is 0.651. The van der Waals surface area contributed by atoms with Crippen molar-refractivity contribution in [2.24, 2.45) is 11.7 Å². The van der Waals surface area contributed by atoms with Crippen LogP contribution in [-0.2, 0) is 13.0 Å². The fourth-order valence-corrected chi connectivity index (χ4v) is 2.99. The van der Waals surface area contributed by atoms with Gasteiger partial charge in [-0.05, 0) is 23.5 Å². The highest BCUT2D eigenvalue weighted by molar-refractivity contribution is 5.27. The first-order chi connectivity index (χ1) is 9.69. The Labute approximate surface area is 123 Å². The fraction of sp³-hybridized carbons (Fsp3) is 0.647. The van der Waals surface area contributed by atoms with Gasteiger partial charge < -0.3 is 15.5 Å². The maximum absolute atomic E-state index is 5.80. The third kappa shape index (κ3) is 4.58. The van der Waals surface area contributed by atoms with Gasteiger partial charge >= 0.3 is 0 Å². The minimum Gasteiger partial charge on any atom is -0.326 e. The smallest absolute Gasteiger partial charge is 0.0180 e. The zero-order valence-corrected chi connectivity index (χ0v) is 13.0. The Morgan fingerprint density at radius 1 is 1.00 bits per heavy atom. The van der Waals surface area contributed by atoms with Crippen LogP contribution in [0.5, 0.6) is 0 Å². The molecule has 112 valence electrons. The minimum atomic E-state index is 0.651. The molecule has 3 heteroatoms. The number of nitrogens with two attached hydrogens (primary N) is 1. The second-order valence-corrected chi connectivity index (χ2v) is 6.26. The van der Waals surface area contributed by atoms with E-state index in [1.54, 1.807) is 0 Å². The van der Waals surface area contributed by atoms with Crippen molar-refractivity contribution in [3.63, 3.8) is 0 Å². The van der Waals surface area contributed by atoms with E-state index in [0.29, 0.717) is 6.54 Å². The highest BCUT2D eigenvalue weighted by atomic mass is 15.3. The average molecular weight is 275 g/mol. The monoisotopic (exact) mass is 275 g/mol. The summed E-state index contributed by atoms with van der Waals surface area (Å²) in [7, 11) is 0. The molecule has 0 bridgehead atoms. The van der Waals surface area contributed by atoms with E-state index >= 15 is 0 Å². The zero-order chi connectivity index (χ0) is 14.4. The average Bonchev–Trinajstić information content (AvgIpc) is 2.46. The van der Waals surface area contributed by atoms with Crippen LogP contribution in [0.15, 0.2) is 24.3 Å². The Kier molecular flexibility index (Phi) is 6.02. The lowest BCUT2D eigenvalue weighted by Crippen LogP contribution is -2.47. The second-order valence-electron chi connectivity index (χ2n) is 6.26. The summed E-state index contributed by atoms with van der Waals surface area (Å²) in [4.78, 5) is 5.18. The summed E-state index contributed by atoms with van der Waals surface area (Å²) < 4.78 is 0. The van der Waals surface area contributed by atoms with Gasteiger partial charge in [-0.2, -0.15) is 0 Å². The standard InChI is InChI=1S/C17H29N3/c1-15(2)14-20-11-9-19(10-12-20)8-7-16-5-3-4-6-17(16)13-18/h3-6,15H,7-14,18H2,1-2H3. The van der Waals surface area contributed by atoms with Crippen LogP contribution >= 0.6 is 0 Å². The van der Waals surface area contributed by atoms with Gasteiger partial charge in [0.15, 0.2) is 0 Å². The number of benzene rings is 1. The first-order valence-corrected chi connectivity index (χ1v) is 7.90. The molecule has 0 amide bonds. The molecule has 1 aromatic rings. The Morgan fingerprint density at radius 2 is 1.60 bits per heavy atom. The number of piperazine rings is 1. The van der Waals surface area contributed by atoms with Gasteiger partial charge in [0, 0.05) is 45.8 Å². The van der Waals surface area contributed by atoms with Crippen molar-refractivity contribution >= 4 is 0 Å². The zero-order valence-electron chi connectivity index (χ0n) is 13.0. The third-order valence-corrected chi connectivity index (χ3v) is 4.12. The summed E-state index contributed by atoms with van der Waals surface area (Å²) in [5.41, 5.74) is 8.52. The number of nitrogens with zero attached hydrogens (tertiary/aromatic N) is 2. The summed E-state index contributed by atoms with van der Waals surface area (Å²) in [5.74, 6) is 0.776. The van der Waals surface area contributed by atoms with Crippen molar-refractivity contribution in [1.82, 2.24) is 9.80 Å². The van der Waals surface area contributed by atoms with Crippen LogP contribution in [0.25, 0.3) is 0 Å². The SMILES string of the molecule is CC(C)CN1CCN(CCc2ccccc2CN)CC1. The van der Waals surface area contributed by atoms with Crippen LogP contribution in [-0.4, -0.2) is 49.1 Å². The van der Waals surface area contributed by atoms with Gasteiger partial charge in [0.2, 0.25) is 0 Å². The molecule has 0 spiro atoms. The summed E-state index contributed by atoms with van der Waals surface area (Å²) in [5, 5.41) is 0. The third-order valence-electron chi connectivity index (χ3n) is 4.12. The lowest BCUT2D eigenvalue weighted by Gasteiger charge is -2.35. The van der Waals surface area contributed by atoms with Crippen LogP contribution in [0, 0.1) is 5.92 Å². The molecule has 0 saturated carbocycles. The molecule has 0 unspecified atom stereocenters. The Hall–Kier alpha value is -0.900. The molecule has 0 aromatic heterocycles. The molecule has 1 heterocycles. The maximum atomic E-state index is 5.80. The summed E-state index contributed by atoms with van der Waals surface area (Å²) in [6, 6.07) is 8.57. The van der Waals surface area contributed by atoms with Gasteiger partial charge in [0.05, 0.1) is 0 Å². The maximum Gasteiger partial charge on any atom is 0.0180 e. The molecular weight excluding hydrogens is 246 g/mol. The lowest BCUT2D eigenvalue weighted by atomic mass is 10.0. The van der Waals surface area contributed by atoms with Crippen LogP contribution in [0.3, 0.4) is 0 Å². The van der Waals surface area contributed by atoms with Gasteiger partial charge in [-0.1, -0.05) is 38.1 Å². The summed E-state index contributed by atoms with van der Waals surface area (Å²) in [6.45, 7) is 12.5. The molecule has 3 nitrogen and oxygen atoms in total. The van der Waals surface area contributed by atoms with E-state index in [9.17, 15) is 0 Å². The lowest BCUT2D eigenvalue weighted by molar-refractivity contribution is 0.123. The van der Waals surface area contributed by atoms with Crippen molar-refractivity contribution in [1.29, 1.82) is 0 Å². The molecule has 2 rings (SSSR count). The number of hydrogen-bond acceptors (Lipinski definition) is 3. The molecule has 2 N–H and O–H groups in total. The Balaban J connectivity index is 1.76. The molecule has 1 aromatic carbocycles. The first-order valence-electron chi connectivity index (χ1n) is 7.90. The van der Waals surface area contributed by atoms with E-state index in [-0.39, 0.29) is 0 Å². The molecule has 0 radical (unpaired) electrons. The molecule has 1 aliphatic heterocycles. The quantitative estimate of drug-likeness (QED) is 0.861. The summed E-state index contributed by atoms with van der Waals surface area (Å²) >= 11 is 0. The van der Waals surface area contributed by atoms with E-state index < -0.39 is 0 Å². The molecule has 1 aliphatic rings. The van der Waals surface area contributed by atoms with Gasteiger partial charge in [-0.3, -0.25) is 0 Å². The summed E-state index contributed by atoms with van der Waals surface area (Å²) in [6.07, 6.45) is 1.12. The molecule has 1 fully saturated rings. The van der Waals surface area contributed by atoms with Gasteiger partial charge in [-0.15, -0.1) is 0 Å². The van der Waals surface area contributed by atoms with Crippen molar-refractivity contribution in [3.05, 3.63) is 35.4 Å². The molecule has 20 heavy (non-hydrogen) atoms. The Bertz CT molecular complexity index is 395.